The van der Waals surface area contributed by atoms with E-state index in [0.717, 1.165) is 18.7 Å². The first-order valence-electron chi connectivity index (χ1n) is 7.37. The second kappa shape index (κ2) is 7.41. The second-order valence-electron chi connectivity index (χ2n) is 5.57. The van der Waals surface area contributed by atoms with Gasteiger partial charge in [0.25, 0.3) is 0 Å². The predicted molar refractivity (Wildman–Crippen MR) is 84.8 cm³/mol. The van der Waals surface area contributed by atoms with E-state index in [4.69, 9.17) is 9.47 Å². The third-order valence-corrected chi connectivity index (χ3v) is 5.24. The van der Waals surface area contributed by atoms with Crippen molar-refractivity contribution in [3.8, 4) is 5.75 Å². The van der Waals surface area contributed by atoms with Gasteiger partial charge in [-0.1, -0.05) is 0 Å². The zero-order chi connectivity index (χ0) is 16.2. The first-order valence-corrected chi connectivity index (χ1v) is 8.85. The van der Waals surface area contributed by atoms with E-state index in [9.17, 15) is 8.42 Å². The summed E-state index contributed by atoms with van der Waals surface area (Å²) in [4.78, 5) is 2.45. The number of sulfonamides is 1. The fourth-order valence-corrected chi connectivity index (χ4v) is 3.63. The number of hydrogen-bond acceptors (Lipinski definition) is 5. The smallest absolute Gasteiger partial charge is 0.240 e. The molecule has 1 aromatic carbocycles. The van der Waals surface area contributed by atoms with E-state index in [2.05, 4.69) is 9.62 Å². The van der Waals surface area contributed by atoms with Crippen molar-refractivity contribution in [2.75, 3.05) is 40.4 Å². The standard InChI is InChI=1S/C15H24N2O4S/c1-12-10-14(4-5-15(12)20-3)22(18,19)16-7-6-13-11-17(2)8-9-21-13/h4-5,10,13,16H,6-9,11H2,1-3H3. The normalized spacial score (nSPS) is 20.0. The molecule has 22 heavy (non-hydrogen) atoms. The Morgan fingerprint density at radius 2 is 2.23 bits per heavy atom. The molecule has 2 rings (SSSR count). The van der Waals surface area contributed by atoms with Crippen LogP contribution in [0.25, 0.3) is 0 Å². The summed E-state index contributed by atoms with van der Waals surface area (Å²) in [5, 5.41) is 0. The minimum absolute atomic E-state index is 0.0825. The maximum absolute atomic E-state index is 12.3. The third-order valence-electron chi connectivity index (χ3n) is 3.78. The Labute approximate surface area is 132 Å². The van der Waals surface area contributed by atoms with Crippen molar-refractivity contribution >= 4 is 10.0 Å². The molecule has 1 unspecified atom stereocenters. The number of likely N-dealkylation sites (N-methyl/N-ethyl adjacent to an activating group) is 1. The number of nitrogens with zero attached hydrogens (tertiary/aromatic N) is 1. The zero-order valence-electron chi connectivity index (χ0n) is 13.3. The number of rotatable bonds is 6. The molecule has 0 saturated carbocycles. The van der Waals surface area contributed by atoms with Gasteiger partial charge in [0.2, 0.25) is 10.0 Å². The van der Waals surface area contributed by atoms with Gasteiger partial charge in [-0.15, -0.1) is 0 Å². The molecular weight excluding hydrogens is 304 g/mol. The number of benzene rings is 1. The molecule has 1 saturated heterocycles. The molecule has 1 atom stereocenters. The molecule has 1 aliphatic heterocycles. The topological polar surface area (TPSA) is 67.9 Å². The van der Waals surface area contributed by atoms with E-state index in [-0.39, 0.29) is 11.0 Å². The fraction of sp³-hybridized carbons (Fsp3) is 0.600. The van der Waals surface area contributed by atoms with Crippen LogP contribution < -0.4 is 9.46 Å². The summed E-state index contributed by atoms with van der Waals surface area (Å²) in [6, 6.07) is 4.84. The summed E-state index contributed by atoms with van der Waals surface area (Å²) in [6.45, 7) is 4.65. The number of aryl methyl sites for hydroxylation is 1. The minimum atomic E-state index is -3.50. The molecule has 0 amide bonds. The van der Waals surface area contributed by atoms with Crippen LogP contribution in [0.1, 0.15) is 12.0 Å². The second-order valence-corrected chi connectivity index (χ2v) is 7.34. The zero-order valence-corrected chi connectivity index (χ0v) is 14.1. The molecule has 0 bridgehead atoms. The Morgan fingerprint density at radius 1 is 1.45 bits per heavy atom. The molecule has 1 aromatic rings. The number of morpholine rings is 1. The highest BCUT2D eigenvalue weighted by Crippen LogP contribution is 2.21. The maximum Gasteiger partial charge on any atom is 0.240 e. The van der Waals surface area contributed by atoms with Gasteiger partial charge in [-0.3, -0.25) is 0 Å². The minimum Gasteiger partial charge on any atom is -0.496 e. The molecule has 0 aliphatic carbocycles. The largest absolute Gasteiger partial charge is 0.496 e. The quantitative estimate of drug-likeness (QED) is 0.844. The molecule has 0 aromatic heterocycles. The molecule has 1 N–H and O–H groups in total. The van der Waals surface area contributed by atoms with Gasteiger partial charge in [-0.05, 0) is 44.2 Å². The van der Waals surface area contributed by atoms with Gasteiger partial charge < -0.3 is 14.4 Å². The van der Waals surface area contributed by atoms with E-state index < -0.39 is 10.0 Å². The number of hydrogen-bond donors (Lipinski definition) is 1. The summed E-state index contributed by atoms with van der Waals surface area (Å²) in [5.74, 6) is 0.678. The Morgan fingerprint density at radius 3 is 2.86 bits per heavy atom. The first kappa shape index (κ1) is 17.2. The summed E-state index contributed by atoms with van der Waals surface area (Å²) >= 11 is 0. The van der Waals surface area contributed by atoms with Crippen LogP contribution in [-0.2, 0) is 14.8 Å². The lowest BCUT2D eigenvalue weighted by atomic mass is 10.2. The van der Waals surface area contributed by atoms with Crippen molar-refractivity contribution < 1.29 is 17.9 Å². The van der Waals surface area contributed by atoms with Crippen LogP contribution in [0.15, 0.2) is 23.1 Å². The SMILES string of the molecule is COc1ccc(S(=O)(=O)NCCC2CN(C)CCO2)cc1C. The molecule has 6 nitrogen and oxygen atoms in total. The van der Waals surface area contributed by atoms with Crippen molar-refractivity contribution in [1.82, 2.24) is 9.62 Å². The summed E-state index contributed by atoms with van der Waals surface area (Å²) < 4.78 is 38.0. The van der Waals surface area contributed by atoms with Crippen LogP contribution in [-0.4, -0.2) is 59.8 Å². The van der Waals surface area contributed by atoms with Crippen molar-refractivity contribution in [3.05, 3.63) is 23.8 Å². The van der Waals surface area contributed by atoms with E-state index in [0.29, 0.717) is 25.3 Å². The molecule has 124 valence electrons. The van der Waals surface area contributed by atoms with Crippen molar-refractivity contribution in [2.24, 2.45) is 0 Å². The van der Waals surface area contributed by atoms with Gasteiger partial charge in [-0.25, -0.2) is 13.1 Å². The predicted octanol–water partition coefficient (Wildman–Crippen LogP) is 1.00. The van der Waals surface area contributed by atoms with Gasteiger partial charge in [0.15, 0.2) is 0 Å². The summed E-state index contributed by atoms with van der Waals surface area (Å²) in [6.07, 6.45) is 0.748. The lowest BCUT2D eigenvalue weighted by molar-refractivity contribution is -0.0222. The third kappa shape index (κ3) is 4.42. The summed E-state index contributed by atoms with van der Waals surface area (Å²) in [5.41, 5.74) is 0.794. The van der Waals surface area contributed by atoms with Crippen LogP contribution in [0.2, 0.25) is 0 Å². The van der Waals surface area contributed by atoms with Crippen molar-refractivity contribution in [1.29, 1.82) is 0 Å². The Bertz CT molecular complexity index is 604. The Balaban J connectivity index is 1.92. The number of ether oxygens (including phenoxy) is 2. The number of nitrogens with one attached hydrogen (secondary N) is 1. The van der Waals surface area contributed by atoms with E-state index in [1.165, 1.54) is 0 Å². The van der Waals surface area contributed by atoms with Gasteiger partial charge >= 0.3 is 0 Å². The van der Waals surface area contributed by atoms with E-state index >= 15 is 0 Å². The monoisotopic (exact) mass is 328 g/mol. The number of methoxy groups -OCH3 is 1. The average Bonchev–Trinajstić information content (AvgIpc) is 2.47. The molecule has 1 aliphatic rings. The van der Waals surface area contributed by atoms with E-state index in [1.54, 1.807) is 25.3 Å². The first-order chi connectivity index (χ1) is 10.4. The highest BCUT2D eigenvalue weighted by molar-refractivity contribution is 7.89. The molecule has 1 fully saturated rings. The lowest BCUT2D eigenvalue weighted by Crippen LogP contribution is -2.41. The van der Waals surface area contributed by atoms with Crippen molar-refractivity contribution in [2.45, 2.75) is 24.3 Å². The molecule has 7 heteroatoms. The van der Waals surface area contributed by atoms with Gasteiger partial charge in [-0.2, -0.15) is 0 Å². The van der Waals surface area contributed by atoms with Crippen LogP contribution >= 0.6 is 0 Å². The highest BCUT2D eigenvalue weighted by atomic mass is 32.2. The van der Waals surface area contributed by atoms with Crippen LogP contribution in [0.3, 0.4) is 0 Å². The molecule has 0 radical (unpaired) electrons. The Kier molecular flexibility index (Phi) is 5.80. The van der Waals surface area contributed by atoms with Crippen LogP contribution in [0.4, 0.5) is 0 Å². The lowest BCUT2D eigenvalue weighted by Gasteiger charge is -2.30. The molecule has 0 spiro atoms. The Hall–Kier alpha value is -1.15. The maximum atomic E-state index is 12.3. The van der Waals surface area contributed by atoms with Gasteiger partial charge in [0, 0.05) is 19.6 Å². The molecular formula is C15H24N2O4S. The van der Waals surface area contributed by atoms with Gasteiger partial charge in [0.1, 0.15) is 5.75 Å². The average molecular weight is 328 g/mol. The summed E-state index contributed by atoms with van der Waals surface area (Å²) in [7, 11) is 0.110. The van der Waals surface area contributed by atoms with Crippen molar-refractivity contribution in [3.63, 3.8) is 0 Å². The van der Waals surface area contributed by atoms with Crippen LogP contribution in [0.5, 0.6) is 5.75 Å². The van der Waals surface area contributed by atoms with Crippen LogP contribution in [0, 0.1) is 6.92 Å². The van der Waals surface area contributed by atoms with E-state index in [1.807, 2.05) is 14.0 Å². The molecule has 1 heterocycles. The highest BCUT2D eigenvalue weighted by Gasteiger charge is 2.19. The van der Waals surface area contributed by atoms with Gasteiger partial charge in [0.05, 0.1) is 24.7 Å². The fourth-order valence-electron chi connectivity index (χ4n) is 2.50.